The molecule has 0 aromatic heterocycles. The van der Waals surface area contributed by atoms with E-state index in [1.54, 1.807) is 0 Å². The number of methoxy groups -OCH3 is 1. The van der Waals surface area contributed by atoms with Gasteiger partial charge in [-0.05, 0) is 25.0 Å². The number of halogens is 2. The molecule has 1 aromatic carbocycles. The van der Waals surface area contributed by atoms with Gasteiger partial charge in [-0.2, -0.15) is 0 Å². The Morgan fingerprint density at radius 3 is 2.75 bits per heavy atom. The normalized spacial score (nSPS) is 17.9. The van der Waals surface area contributed by atoms with Crippen LogP contribution in [-0.2, 0) is 9.53 Å². The van der Waals surface area contributed by atoms with E-state index in [1.807, 2.05) is 0 Å². The van der Waals surface area contributed by atoms with Crippen LogP contribution < -0.4 is 5.32 Å². The molecule has 2 rings (SSSR count). The number of ether oxygens (including phenoxy) is 1. The Morgan fingerprint density at radius 2 is 2.10 bits per heavy atom. The van der Waals surface area contributed by atoms with E-state index >= 15 is 0 Å². The van der Waals surface area contributed by atoms with Crippen molar-refractivity contribution in [3.8, 4) is 0 Å². The first-order chi connectivity index (χ1) is 9.52. The van der Waals surface area contributed by atoms with E-state index < -0.39 is 29.7 Å². The van der Waals surface area contributed by atoms with E-state index in [4.69, 9.17) is 0 Å². The molecule has 20 heavy (non-hydrogen) atoms. The fraction of sp³-hybridized carbons (Fsp3) is 0.385. The SMILES string of the molecule is COC(=O)N1CCC[C@@H]1C(=O)Nc1ccc(F)c(F)c1. The zero-order chi connectivity index (χ0) is 14.7. The highest BCUT2D eigenvalue weighted by molar-refractivity contribution is 5.96. The third-order valence-electron chi connectivity index (χ3n) is 3.15. The maximum absolute atomic E-state index is 13.1. The lowest BCUT2D eigenvalue weighted by Gasteiger charge is -2.22. The van der Waals surface area contributed by atoms with Crippen LogP contribution in [0.3, 0.4) is 0 Å². The van der Waals surface area contributed by atoms with Gasteiger partial charge in [0.15, 0.2) is 11.6 Å². The van der Waals surface area contributed by atoms with Crippen molar-refractivity contribution in [2.24, 2.45) is 0 Å². The maximum atomic E-state index is 13.1. The zero-order valence-corrected chi connectivity index (χ0v) is 10.9. The molecule has 1 atom stereocenters. The van der Waals surface area contributed by atoms with E-state index in [0.717, 1.165) is 12.1 Å². The van der Waals surface area contributed by atoms with Gasteiger partial charge in [-0.3, -0.25) is 9.69 Å². The molecule has 0 saturated carbocycles. The zero-order valence-electron chi connectivity index (χ0n) is 10.9. The Kier molecular flexibility index (Phi) is 4.16. The molecular weight excluding hydrogens is 270 g/mol. The summed E-state index contributed by atoms with van der Waals surface area (Å²) in [4.78, 5) is 24.9. The van der Waals surface area contributed by atoms with Gasteiger partial charge in [0, 0.05) is 18.3 Å². The van der Waals surface area contributed by atoms with Crippen LogP contribution in [0, 0.1) is 11.6 Å². The number of rotatable bonds is 2. The molecule has 1 saturated heterocycles. The van der Waals surface area contributed by atoms with Gasteiger partial charge in [0.2, 0.25) is 5.91 Å². The first-order valence-electron chi connectivity index (χ1n) is 6.13. The summed E-state index contributed by atoms with van der Waals surface area (Å²) in [6, 6.07) is 2.42. The predicted molar refractivity (Wildman–Crippen MR) is 67.1 cm³/mol. The highest BCUT2D eigenvalue weighted by Crippen LogP contribution is 2.20. The molecule has 1 heterocycles. The topological polar surface area (TPSA) is 58.6 Å². The number of hydrogen-bond acceptors (Lipinski definition) is 3. The fourth-order valence-corrected chi connectivity index (χ4v) is 2.17. The van der Waals surface area contributed by atoms with E-state index in [0.29, 0.717) is 19.4 Å². The monoisotopic (exact) mass is 284 g/mol. The number of benzene rings is 1. The minimum absolute atomic E-state index is 0.144. The number of carbonyl (C=O) groups excluding carboxylic acids is 2. The summed E-state index contributed by atoms with van der Waals surface area (Å²) < 4.78 is 30.4. The highest BCUT2D eigenvalue weighted by Gasteiger charge is 2.34. The molecule has 5 nitrogen and oxygen atoms in total. The molecule has 0 spiro atoms. The van der Waals surface area contributed by atoms with Crippen LogP contribution in [0.2, 0.25) is 0 Å². The summed E-state index contributed by atoms with van der Waals surface area (Å²) in [5.41, 5.74) is 0.144. The molecule has 1 aromatic rings. The molecular formula is C13H14F2N2O3. The second-order valence-corrected chi connectivity index (χ2v) is 4.44. The predicted octanol–water partition coefficient (Wildman–Crippen LogP) is 2.13. The van der Waals surface area contributed by atoms with Crippen molar-refractivity contribution in [1.29, 1.82) is 0 Å². The average molecular weight is 284 g/mol. The molecule has 7 heteroatoms. The molecule has 0 radical (unpaired) electrons. The van der Waals surface area contributed by atoms with Crippen molar-refractivity contribution in [3.05, 3.63) is 29.8 Å². The van der Waals surface area contributed by atoms with Crippen molar-refractivity contribution < 1.29 is 23.1 Å². The number of nitrogens with one attached hydrogen (secondary N) is 1. The number of carbonyl (C=O) groups is 2. The molecule has 1 aliphatic rings. The Balaban J connectivity index is 2.07. The Bertz CT molecular complexity index is 536. The highest BCUT2D eigenvalue weighted by atomic mass is 19.2. The van der Waals surface area contributed by atoms with E-state index in [1.165, 1.54) is 18.1 Å². The first-order valence-corrected chi connectivity index (χ1v) is 6.13. The molecule has 1 fully saturated rings. The minimum atomic E-state index is -1.04. The van der Waals surface area contributed by atoms with Gasteiger partial charge in [-0.25, -0.2) is 13.6 Å². The summed E-state index contributed by atoms with van der Waals surface area (Å²) in [5, 5.41) is 2.47. The Morgan fingerprint density at radius 1 is 1.35 bits per heavy atom. The Hall–Kier alpha value is -2.18. The van der Waals surface area contributed by atoms with Crippen LogP contribution >= 0.6 is 0 Å². The van der Waals surface area contributed by atoms with Gasteiger partial charge in [-0.1, -0.05) is 0 Å². The number of likely N-dealkylation sites (tertiary alicyclic amines) is 1. The molecule has 1 N–H and O–H groups in total. The van der Waals surface area contributed by atoms with Crippen LogP contribution in [0.25, 0.3) is 0 Å². The maximum Gasteiger partial charge on any atom is 0.410 e. The van der Waals surface area contributed by atoms with Crippen molar-refractivity contribution in [3.63, 3.8) is 0 Å². The van der Waals surface area contributed by atoms with Gasteiger partial charge in [0.1, 0.15) is 6.04 Å². The average Bonchev–Trinajstić information content (AvgIpc) is 2.91. The van der Waals surface area contributed by atoms with Gasteiger partial charge in [-0.15, -0.1) is 0 Å². The lowest BCUT2D eigenvalue weighted by molar-refractivity contribution is -0.119. The van der Waals surface area contributed by atoms with Gasteiger partial charge >= 0.3 is 6.09 Å². The Labute approximate surface area is 114 Å². The van der Waals surface area contributed by atoms with Crippen LogP contribution in [0.5, 0.6) is 0 Å². The standard InChI is InChI=1S/C13H14F2N2O3/c1-20-13(19)17-6-2-3-11(17)12(18)16-8-4-5-9(14)10(15)7-8/h4-5,7,11H,2-3,6H2,1H3,(H,16,18)/t11-/m1/s1. The van der Waals surface area contributed by atoms with E-state index in [2.05, 4.69) is 10.1 Å². The van der Waals surface area contributed by atoms with Crippen LogP contribution in [-0.4, -0.2) is 36.6 Å². The van der Waals surface area contributed by atoms with Gasteiger partial charge in [0.25, 0.3) is 0 Å². The lowest BCUT2D eigenvalue weighted by Crippen LogP contribution is -2.43. The summed E-state index contributed by atoms with van der Waals surface area (Å²) >= 11 is 0. The first kappa shape index (κ1) is 14.2. The smallest absolute Gasteiger partial charge is 0.410 e. The largest absolute Gasteiger partial charge is 0.453 e. The van der Waals surface area contributed by atoms with Crippen LogP contribution in [0.4, 0.5) is 19.3 Å². The van der Waals surface area contributed by atoms with Crippen LogP contribution in [0.1, 0.15) is 12.8 Å². The van der Waals surface area contributed by atoms with Crippen molar-refractivity contribution >= 4 is 17.7 Å². The lowest BCUT2D eigenvalue weighted by atomic mass is 10.2. The van der Waals surface area contributed by atoms with Gasteiger partial charge < -0.3 is 10.1 Å². The second-order valence-electron chi connectivity index (χ2n) is 4.44. The molecule has 1 aliphatic heterocycles. The van der Waals surface area contributed by atoms with Crippen molar-refractivity contribution in [1.82, 2.24) is 4.90 Å². The fourth-order valence-electron chi connectivity index (χ4n) is 2.17. The molecule has 0 aliphatic carbocycles. The molecule has 0 bridgehead atoms. The van der Waals surface area contributed by atoms with E-state index in [-0.39, 0.29) is 5.69 Å². The summed E-state index contributed by atoms with van der Waals surface area (Å²) in [6.07, 6.45) is 0.614. The number of nitrogens with zero attached hydrogens (tertiary/aromatic N) is 1. The van der Waals surface area contributed by atoms with Gasteiger partial charge in [0.05, 0.1) is 7.11 Å². The third kappa shape index (κ3) is 2.87. The third-order valence-corrected chi connectivity index (χ3v) is 3.15. The molecule has 108 valence electrons. The minimum Gasteiger partial charge on any atom is -0.453 e. The summed E-state index contributed by atoms with van der Waals surface area (Å²) in [7, 11) is 1.24. The van der Waals surface area contributed by atoms with E-state index in [9.17, 15) is 18.4 Å². The summed E-state index contributed by atoms with van der Waals surface area (Å²) in [5.74, 6) is -2.47. The van der Waals surface area contributed by atoms with Crippen molar-refractivity contribution in [2.75, 3.05) is 19.0 Å². The van der Waals surface area contributed by atoms with Crippen LogP contribution in [0.15, 0.2) is 18.2 Å². The number of amides is 2. The number of anilines is 1. The molecule has 0 unspecified atom stereocenters. The summed E-state index contributed by atoms with van der Waals surface area (Å²) in [6.45, 7) is 0.433. The quantitative estimate of drug-likeness (QED) is 0.905. The molecule has 2 amide bonds. The second kappa shape index (κ2) is 5.85. The van der Waals surface area contributed by atoms with Crippen molar-refractivity contribution in [2.45, 2.75) is 18.9 Å². The number of hydrogen-bond donors (Lipinski definition) is 1.